The lowest BCUT2D eigenvalue weighted by Crippen LogP contribution is -2.07. The lowest BCUT2D eigenvalue weighted by molar-refractivity contribution is -0.142. The smallest absolute Gasteiger partial charge is 0.311 e. The number of thiazole rings is 1. The van der Waals surface area contributed by atoms with E-state index < -0.39 is 0 Å². The van der Waals surface area contributed by atoms with E-state index in [4.69, 9.17) is 16.3 Å². The van der Waals surface area contributed by atoms with Crippen LogP contribution in [0.3, 0.4) is 0 Å². The number of rotatable bonds is 6. The number of ether oxygens (including phenoxy) is 1. The van der Waals surface area contributed by atoms with Crippen LogP contribution in [0.5, 0.6) is 0 Å². The Hall–Kier alpha value is -1.04. The van der Waals surface area contributed by atoms with Gasteiger partial charge in [-0.2, -0.15) is 0 Å². The summed E-state index contributed by atoms with van der Waals surface area (Å²) in [4.78, 5) is 16.9. The van der Waals surface area contributed by atoms with Crippen LogP contribution >= 0.6 is 34.7 Å². The molecule has 106 valence electrons. The van der Waals surface area contributed by atoms with Crippen LogP contribution in [-0.4, -0.2) is 17.6 Å². The molecular weight excluding hydrogens is 314 g/mol. The Morgan fingerprint density at radius 1 is 1.40 bits per heavy atom. The molecule has 0 radical (unpaired) electrons. The summed E-state index contributed by atoms with van der Waals surface area (Å²) in [6.45, 7) is 2.20. The molecule has 3 nitrogen and oxygen atoms in total. The van der Waals surface area contributed by atoms with E-state index in [2.05, 4.69) is 4.98 Å². The van der Waals surface area contributed by atoms with Gasteiger partial charge >= 0.3 is 5.97 Å². The predicted octanol–water partition coefficient (Wildman–Crippen LogP) is 4.19. The van der Waals surface area contributed by atoms with Gasteiger partial charge < -0.3 is 4.74 Å². The second-order valence-electron chi connectivity index (χ2n) is 3.96. The maximum atomic E-state index is 11.4. The van der Waals surface area contributed by atoms with Gasteiger partial charge in [0.2, 0.25) is 0 Å². The average Bonchev–Trinajstić information content (AvgIpc) is 2.86. The number of carbonyl (C=O) groups excluding carboxylic acids is 1. The maximum Gasteiger partial charge on any atom is 0.311 e. The Kier molecular flexibility index (Phi) is 5.88. The van der Waals surface area contributed by atoms with E-state index in [1.807, 2.05) is 29.6 Å². The Balaban J connectivity index is 1.86. The minimum absolute atomic E-state index is 0.227. The van der Waals surface area contributed by atoms with E-state index in [0.29, 0.717) is 6.61 Å². The number of hydrogen-bond donors (Lipinski definition) is 0. The van der Waals surface area contributed by atoms with Gasteiger partial charge in [-0.25, -0.2) is 4.98 Å². The summed E-state index contributed by atoms with van der Waals surface area (Å²) in [5, 5.41) is 3.65. The van der Waals surface area contributed by atoms with Crippen molar-refractivity contribution in [3.63, 3.8) is 0 Å². The molecule has 0 aliphatic carbocycles. The van der Waals surface area contributed by atoms with Crippen molar-refractivity contribution in [2.45, 2.75) is 24.0 Å². The molecule has 0 saturated carbocycles. The first-order valence-corrected chi connectivity index (χ1v) is 8.39. The van der Waals surface area contributed by atoms with Crippen LogP contribution in [0.2, 0.25) is 5.02 Å². The van der Waals surface area contributed by atoms with Gasteiger partial charge in [-0.15, -0.1) is 23.1 Å². The number of esters is 1. The highest BCUT2D eigenvalue weighted by molar-refractivity contribution is 7.98. The van der Waals surface area contributed by atoms with Gasteiger partial charge in [0.15, 0.2) is 0 Å². The van der Waals surface area contributed by atoms with E-state index >= 15 is 0 Å². The largest absolute Gasteiger partial charge is 0.466 e. The van der Waals surface area contributed by atoms with Crippen LogP contribution in [0.25, 0.3) is 0 Å². The number of nitrogens with zero attached hydrogens (tertiary/aromatic N) is 1. The molecule has 1 aromatic carbocycles. The minimum Gasteiger partial charge on any atom is -0.466 e. The van der Waals surface area contributed by atoms with Gasteiger partial charge in [0, 0.05) is 15.3 Å². The van der Waals surface area contributed by atoms with Gasteiger partial charge in [0.1, 0.15) is 5.01 Å². The molecular formula is C14H14ClNO2S2. The maximum absolute atomic E-state index is 11.4. The number of carbonyl (C=O) groups is 1. The zero-order valence-electron chi connectivity index (χ0n) is 11.0. The third-order valence-electron chi connectivity index (χ3n) is 2.41. The van der Waals surface area contributed by atoms with Gasteiger partial charge in [-0.1, -0.05) is 11.6 Å². The number of thioether (sulfide) groups is 1. The standard InChI is InChI=1S/C14H14ClNO2S2/c1-2-18-14(17)7-11-8-20-13(16-11)9-19-12-5-3-10(15)4-6-12/h3-6,8H,2,7,9H2,1H3. The molecule has 0 amide bonds. The number of hydrogen-bond acceptors (Lipinski definition) is 5. The summed E-state index contributed by atoms with van der Waals surface area (Å²) in [5.41, 5.74) is 0.778. The Morgan fingerprint density at radius 2 is 2.15 bits per heavy atom. The summed E-state index contributed by atoms with van der Waals surface area (Å²) in [5.74, 6) is 0.560. The van der Waals surface area contributed by atoms with E-state index in [0.717, 1.165) is 26.4 Å². The van der Waals surface area contributed by atoms with Gasteiger partial charge in [0.25, 0.3) is 0 Å². The average molecular weight is 328 g/mol. The molecule has 0 aliphatic rings. The van der Waals surface area contributed by atoms with Crippen molar-refractivity contribution < 1.29 is 9.53 Å². The van der Waals surface area contributed by atoms with Crippen molar-refractivity contribution in [2.24, 2.45) is 0 Å². The van der Waals surface area contributed by atoms with Crippen molar-refractivity contribution in [1.29, 1.82) is 0 Å². The van der Waals surface area contributed by atoms with Gasteiger partial charge in [-0.05, 0) is 31.2 Å². The minimum atomic E-state index is -0.227. The molecule has 1 heterocycles. The fourth-order valence-electron chi connectivity index (χ4n) is 1.53. The first-order chi connectivity index (χ1) is 9.67. The molecule has 0 bridgehead atoms. The van der Waals surface area contributed by atoms with Crippen molar-refractivity contribution in [3.05, 3.63) is 45.4 Å². The third kappa shape index (κ3) is 4.81. The molecule has 6 heteroatoms. The molecule has 0 fully saturated rings. The first-order valence-electron chi connectivity index (χ1n) is 6.14. The molecule has 1 aromatic heterocycles. The molecule has 0 aliphatic heterocycles. The molecule has 0 saturated heterocycles. The zero-order chi connectivity index (χ0) is 14.4. The second kappa shape index (κ2) is 7.67. The summed E-state index contributed by atoms with van der Waals surface area (Å²) in [6, 6.07) is 7.72. The zero-order valence-corrected chi connectivity index (χ0v) is 13.4. The molecule has 2 aromatic rings. The van der Waals surface area contributed by atoms with Crippen LogP contribution < -0.4 is 0 Å². The lowest BCUT2D eigenvalue weighted by atomic mass is 10.3. The summed E-state index contributed by atoms with van der Waals surface area (Å²) in [7, 11) is 0. The highest BCUT2D eigenvalue weighted by Gasteiger charge is 2.08. The highest BCUT2D eigenvalue weighted by Crippen LogP contribution is 2.25. The van der Waals surface area contributed by atoms with E-state index in [1.165, 1.54) is 0 Å². The summed E-state index contributed by atoms with van der Waals surface area (Å²) in [6.07, 6.45) is 0.246. The number of aromatic nitrogens is 1. The van der Waals surface area contributed by atoms with Crippen LogP contribution in [-0.2, 0) is 21.7 Å². The predicted molar refractivity (Wildman–Crippen MR) is 83.5 cm³/mol. The van der Waals surface area contributed by atoms with Crippen molar-refractivity contribution in [3.8, 4) is 0 Å². The fraction of sp³-hybridized carbons (Fsp3) is 0.286. The van der Waals surface area contributed by atoms with Gasteiger partial charge in [0.05, 0.1) is 24.5 Å². The highest BCUT2D eigenvalue weighted by atomic mass is 35.5. The molecule has 0 atom stereocenters. The normalized spacial score (nSPS) is 10.5. The molecule has 0 unspecified atom stereocenters. The SMILES string of the molecule is CCOC(=O)Cc1csc(CSc2ccc(Cl)cc2)n1. The van der Waals surface area contributed by atoms with Crippen molar-refractivity contribution >= 4 is 40.7 Å². The summed E-state index contributed by atoms with van der Waals surface area (Å²) >= 11 is 9.11. The Labute approximate surface area is 131 Å². The lowest BCUT2D eigenvalue weighted by Gasteiger charge is -1.99. The van der Waals surface area contributed by atoms with Crippen molar-refractivity contribution in [2.75, 3.05) is 6.61 Å². The van der Waals surface area contributed by atoms with Crippen LogP contribution in [0.4, 0.5) is 0 Å². The first kappa shape index (κ1) is 15.4. The molecule has 0 spiro atoms. The summed E-state index contributed by atoms with van der Waals surface area (Å²) < 4.78 is 4.90. The van der Waals surface area contributed by atoms with Crippen LogP contribution in [0.15, 0.2) is 34.5 Å². The van der Waals surface area contributed by atoms with Crippen LogP contribution in [0, 0.1) is 0 Å². The quantitative estimate of drug-likeness (QED) is 0.589. The molecule has 20 heavy (non-hydrogen) atoms. The molecule has 2 rings (SSSR count). The molecule has 0 N–H and O–H groups in total. The monoisotopic (exact) mass is 327 g/mol. The van der Waals surface area contributed by atoms with E-state index in [1.54, 1.807) is 30.0 Å². The second-order valence-corrected chi connectivity index (χ2v) is 6.38. The van der Waals surface area contributed by atoms with Gasteiger partial charge in [-0.3, -0.25) is 4.79 Å². The fourth-order valence-corrected chi connectivity index (χ4v) is 3.37. The Morgan fingerprint density at radius 3 is 2.85 bits per heavy atom. The number of halogens is 1. The topological polar surface area (TPSA) is 39.2 Å². The van der Waals surface area contributed by atoms with E-state index in [9.17, 15) is 4.79 Å². The third-order valence-corrected chi connectivity index (χ3v) is 4.76. The Bertz CT molecular complexity index is 569. The van der Waals surface area contributed by atoms with Crippen molar-refractivity contribution in [1.82, 2.24) is 4.98 Å². The van der Waals surface area contributed by atoms with Crippen LogP contribution in [0.1, 0.15) is 17.6 Å². The van der Waals surface area contributed by atoms with E-state index in [-0.39, 0.29) is 12.4 Å². The number of benzene rings is 1.